The van der Waals surface area contributed by atoms with Gasteiger partial charge >= 0.3 is 0 Å². The second-order valence-electron chi connectivity index (χ2n) is 9.87. The van der Waals surface area contributed by atoms with Crippen molar-refractivity contribution < 1.29 is 37.5 Å². The fourth-order valence-corrected chi connectivity index (χ4v) is 4.03. The normalized spacial score (nSPS) is 11.9. The third-order valence-corrected chi connectivity index (χ3v) is 6.80. The number of carbonyl (C=O) groups excluding carboxylic acids is 5. The number of aliphatic hydroxyl groups is 1. The molecule has 1 heterocycles. The van der Waals surface area contributed by atoms with Crippen molar-refractivity contribution in [2.75, 3.05) is 32.4 Å². The zero-order valence-electron chi connectivity index (χ0n) is 25.2. The Morgan fingerprint density at radius 1 is 0.913 bits per heavy atom. The van der Waals surface area contributed by atoms with Crippen LogP contribution < -0.4 is 26.6 Å². The standard InChI is InChI=1S/C30H37N7O8S/c1-3-23(38)17-31-27(41)19-34-29(43)24(14-21-10-6-4-7-11-21)37-28(42)20-33-26(40)18-32-25(39)13-9-5-8-12-22-15-35-30(36-16-22)46(2,44)45/h3-4,6-7,10-11,15-16,23-24,38H,1,5,9,13-14,17-20H2,2H3,(H,31,41)(H,32,39)(H,33,40)(H,34,43)(H,37,42)/t23-,24-/m0/s1. The molecule has 0 unspecified atom stereocenters. The van der Waals surface area contributed by atoms with Gasteiger partial charge in [0.25, 0.3) is 0 Å². The van der Waals surface area contributed by atoms with Crippen molar-refractivity contribution in [3.63, 3.8) is 0 Å². The van der Waals surface area contributed by atoms with Crippen LogP contribution in [0.25, 0.3) is 0 Å². The van der Waals surface area contributed by atoms with E-state index in [1.165, 1.54) is 18.5 Å². The lowest BCUT2D eigenvalue weighted by Crippen LogP contribution is -2.52. The van der Waals surface area contributed by atoms with E-state index in [-0.39, 0.29) is 37.6 Å². The Morgan fingerprint density at radius 3 is 2.17 bits per heavy atom. The molecule has 5 amide bonds. The van der Waals surface area contributed by atoms with Crippen LogP contribution in [0.15, 0.2) is 60.5 Å². The molecule has 1 aromatic carbocycles. The number of nitrogens with one attached hydrogen (secondary N) is 5. The molecule has 6 N–H and O–H groups in total. The predicted molar refractivity (Wildman–Crippen MR) is 166 cm³/mol. The lowest BCUT2D eigenvalue weighted by molar-refractivity contribution is -0.131. The molecule has 2 rings (SSSR count). The highest BCUT2D eigenvalue weighted by Gasteiger charge is 2.22. The van der Waals surface area contributed by atoms with Crippen LogP contribution in [0.2, 0.25) is 0 Å². The monoisotopic (exact) mass is 655 g/mol. The molecule has 16 heteroatoms. The average molecular weight is 656 g/mol. The van der Waals surface area contributed by atoms with Crippen LogP contribution >= 0.6 is 0 Å². The van der Waals surface area contributed by atoms with E-state index in [1.54, 1.807) is 30.3 Å². The van der Waals surface area contributed by atoms with E-state index in [9.17, 15) is 37.5 Å². The fraction of sp³-hybridized carbons (Fsp3) is 0.367. The summed E-state index contributed by atoms with van der Waals surface area (Å²) in [5.41, 5.74) is 1.17. The van der Waals surface area contributed by atoms with Crippen molar-refractivity contribution >= 4 is 39.4 Å². The molecule has 1 aromatic heterocycles. The van der Waals surface area contributed by atoms with Gasteiger partial charge < -0.3 is 31.7 Å². The first kappa shape index (κ1) is 37.0. The van der Waals surface area contributed by atoms with E-state index < -0.39 is 58.1 Å². The van der Waals surface area contributed by atoms with Gasteiger partial charge in [0.2, 0.25) is 44.5 Å². The van der Waals surface area contributed by atoms with Crippen LogP contribution in [0, 0.1) is 11.8 Å². The van der Waals surface area contributed by atoms with Gasteiger partial charge in [-0.25, -0.2) is 18.4 Å². The Morgan fingerprint density at radius 2 is 1.52 bits per heavy atom. The number of hydrogen-bond donors (Lipinski definition) is 6. The summed E-state index contributed by atoms with van der Waals surface area (Å²) in [4.78, 5) is 69.0. The van der Waals surface area contributed by atoms with E-state index in [2.05, 4.69) is 55.0 Å². The minimum atomic E-state index is -3.50. The van der Waals surface area contributed by atoms with Gasteiger partial charge in [0.1, 0.15) is 6.04 Å². The molecule has 2 aromatic rings. The summed E-state index contributed by atoms with van der Waals surface area (Å²) in [5, 5.41) is 21.4. The van der Waals surface area contributed by atoms with Crippen LogP contribution in [0.3, 0.4) is 0 Å². The molecule has 0 aliphatic heterocycles. The van der Waals surface area contributed by atoms with Gasteiger partial charge in [-0.15, -0.1) is 6.58 Å². The Kier molecular flexibility index (Phi) is 15.5. The minimum Gasteiger partial charge on any atom is -0.387 e. The molecule has 0 bridgehead atoms. The van der Waals surface area contributed by atoms with Gasteiger partial charge in [0.05, 0.1) is 31.3 Å². The highest BCUT2D eigenvalue weighted by Crippen LogP contribution is 2.04. The molecular formula is C30H37N7O8S. The zero-order valence-corrected chi connectivity index (χ0v) is 26.1. The first-order valence-corrected chi connectivity index (χ1v) is 16.0. The first-order chi connectivity index (χ1) is 21.9. The van der Waals surface area contributed by atoms with Crippen molar-refractivity contribution in [1.29, 1.82) is 0 Å². The minimum absolute atomic E-state index is 0.0689. The second-order valence-corrected chi connectivity index (χ2v) is 11.8. The first-order valence-electron chi connectivity index (χ1n) is 14.1. The number of carbonyl (C=O) groups is 5. The van der Waals surface area contributed by atoms with Gasteiger partial charge in [0, 0.05) is 44.5 Å². The molecule has 0 aliphatic rings. The number of aromatic nitrogens is 2. The lowest BCUT2D eigenvalue weighted by Gasteiger charge is -2.19. The molecular weight excluding hydrogens is 618 g/mol. The Balaban J connectivity index is 1.74. The number of unbranched alkanes of at least 4 members (excludes halogenated alkanes) is 1. The number of nitrogens with zero attached hydrogens (tertiary/aromatic N) is 2. The average Bonchev–Trinajstić information content (AvgIpc) is 3.03. The summed E-state index contributed by atoms with van der Waals surface area (Å²) < 4.78 is 22.8. The Hall–Kier alpha value is -5.14. The molecule has 46 heavy (non-hydrogen) atoms. The predicted octanol–water partition coefficient (Wildman–Crippen LogP) is -1.86. The third-order valence-electron chi connectivity index (χ3n) is 5.93. The van der Waals surface area contributed by atoms with Crippen molar-refractivity contribution in [2.45, 2.75) is 43.0 Å². The summed E-state index contributed by atoms with van der Waals surface area (Å²) in [6.45, 7) is 2.12. The van der Waals surface area contributed by atoms with Gasteiger partial charge in [-0.2, -0.15) is 0 Å². The molecule has 0 fully saturated rings. The number of sulfone groups is 1. The molecule has 0 saturated carbocycles. The van der Waals surface area contributed by atoms with Crippen molar-refractivity contribution in [3.05, 3.63) is 66.5 Å². The topological polar surface area (TPSA) is 226 Å². The highest BCUT2D eigenvalue weighted by atomic mass is 32.2. The maximum Gasteiger partial charge on any atom is 0.246 e. The SMILES string of the molecule is C=C[C@H](O)CNC(=O)CNC(=O)[C@H](Cc1ccccc1)NC(=O)CNC(=O)CNC(=O)CCCC#Cc1cnc(S(C)(=O)=O)nc1. The van der Waals surface area contributed by atoms with Gasteiger partial charge in [0.15, 0.2) is 0 Å². The number of rotatable bonds is 17. The summed E-state index contributed by atoms with van der Waals surface area (Å²) in [5.74, 6) is 2.75. The molecule has 15 nitrogen and oxygen atoms in total. The van der Waals surface area contributed by atoms with E-state index in [0.717, 1.165) is 11.8 Å². The number of aliphatic hydroxyl groups excluding tert-OH is 1. The van der Waals surface area contributed by atoms with Gasteiger partial charge in [-0.05, 0) is 12.0 Å². The van der Waals surface area contributed by atoms with Crippen LogP contribution in [0.1, 0.15) is 30.4 Å². The smallest absolute Gasteiger partial charge is 0.246 e. The number of amides is 5. The van der Waals surface area contributed by atoms with Gasteiger partial charge in [-0.3, -0.25) is 24.0 Å². The maximum absolute atomic E-state index is 12.8. The fourth-order valence-electron chi connectivity index (χ4n) is 3.54. The van der Waals surface area contributed by atoms with Crippen LogP contribution in [-0.4, -0.2) is 97.6 Å². The highest BCUT2D eigenvalue weighted by molar-refractivity contribution is 7.90. The molecule has 0 aliphatic carbocycles. The molecule has 0 spiro atoms. The zero-order chi connectivity index (χ0) is 34.0. The summed E-state index contributed by atoms with van der Waals surface area (Å²) in [6, 6.07) is 7.81. The lowest BCUT2D eigenvalue weighted by atomic mass is 10.1. The molecule has 2 atom stereocenters. The largest absolute Gasteiger partial charge is 0.387 e. The molecule has 246 valence electrons. The van der Waals surface area contributed by atoms with Crippen molar-refractivity contribution in [3.8, 4) is 11.8 Å². The van der Waals surface area contributed by atoms with E-state index in [1.807, 2.05) is 0 Å². The van der Waals surface area contributed by atoms with E-state index in [4.69, 9.17) is 0 Å². The number of hydrogen-bond acceptors (Lipinski definition) is 10. The van der Waals surface area contributed by atoms with Gasteiger partial charge in [-0.1, -0.05) is 48.2 Å². The van der Waals surface area contributed by atoms with Crippen LogP contribution in [0.5, 0.6) is 0 Å². The quantitative estimate of drug-likeness (QED) is 0.0482. The van der Waals surface area contributed by atoms with E-state index in [0.29, 0.717) is 18.4 Å². The second kappa shape index (κ2) is 19.3. The van der Waals surface area contributed by atoms with Crippen LogP contribution in [0.4, 0.5) is 0 Å². The van der Waals surface area contributed by atoms with Crippen LogP contribution in [-0.2, 0) is 40.2 Å². The van der Waals surface area contributed by atoms with E-state index >= 15 is 0 Å². The molecule has 0 saturated heterocycles. The van der Waals surface area contributed by atoms with Crippen molar-refractivity contribution in [2.24, 2.45) is 0 Å². The Labute approximate surface area is 267 Å². The maximum atomic E-state index is 12.8. The third kappa shape index (κ3) is 15.0. The van der Waals surface area contributed by atoms with Crippen molar-refractivity contribution in [1.82, 2.24) is 36.6 Å². The summed E-state index contributed by atoms with van der Waals surface area (Å²) >= 11 is 0. The molecule has 0 radical (unpaired) electrons. The Bertz CT molecular complexity index is 1540. The summed E-state index contributed by atoms with van der Waals surface area (Å²) in [6.07, 6.45) is 4.87. The summed E-state index contributed by atoms with van der Waals surface area (Å²) in [7, 11) is -3.50. The number of benzene rings is 1.